The van der Waals surface area contributed by atoms with Gasteiger partial charge >= 0.3 is 0 Å². The number of aryl methyl sites for hydroxylation is 2. The van der Waals surface area contributed by atoms with Crippen LogP contribution in [-0.4, -0.2) is 8.42 Å². The predicted octanol–water partition coefficient (Wildman–Crippen LogP) is 7.01. The van der Waals surface area contributed by atoms with E-state index in [1.165, 1.54) is 0 Å². The van der Waals surface area contributed by atoms with Gasteiger partial charge < -0.3 is 0 Å². The zero-order valence-electron chi connectivity index (χ0n) is 18.7. The highest BCUT2D eigenvalue weighted by atomic mass is 32.2. The van der Waals surface area contributed by atoms with Crippen LogP contribution >= 0.6 is 0 Å². The highest BCUT2D eigenvalue weighted by Crippen LogP contribution is 2.38. The Hall–Kier alpha value is -3.63. The molecular formula is C29H25NO2S. The number of sulfonamides is 1. The van der Waals surface area contributed by atoms with E-state index in [2.05, 4.69) is 19.1 Å². The Kier molecular flexibility index (Phi) is 5.39. The first-order chi connectivity index (χ1) is 15.9. The smallest absolute Gasteiger partial charge is 0.261 e. The molecule has 0 aromatic heterocycles. The third-order valence-electron chi connectivity index (χ3n) is 6.04. The fraction of sp³-hybridized carbons (Fsp3) is 0.103. The van der Waals surface area contributed by atoms with Crippen LogP contribution in [-0.2, 0) is 16.6 Å². The van der Waals surface area contributed by atoms with Gasteiger partial charge in [0.05, 0.1) is 17.1 Å². The van der Waals surface area contributed by atoms with Crippen molar-refractivity contribution in [1.29, 1.82) is 0 Å². The van der Waals surface area contributed by atoms with E-state index in [-0.39, 0.29) is 11.4 Å². The topological polar surface area (TPSA) is 37.4 Å². The molecule has 5 rings (SSSR count). The normalized spacial score (nSPS) is 11.7. The lowest BCUT2D eigenvalue weighted by atomic mass is 9.98. The number of anilines is 1. The highest BCUT2D eigenvalue weighted by molar-refractivity contribution is 7.92. The van der Waals surface area contributed by atoms with Gasteiger partial charge in [-0.3, -0.25) is 4.31 Å². The Bertz CT molecular complexity index is 1560. The van der Waals surface area contributed by atoms with Crippen molar-refractivity contribution >= 4 is 37.3 Å². The molecule has 0 aliphatic carbocycles. The number of rotatable bonds is 5. The van der Waals surface area contributed by atoms with Crippen LogP contribution in [0.2, 0.25) is 0 Å². The monoisotopic (exact) mass is 451 g/mol. The van der Waals surface area contributed by atoms with Crippen LogP contribution in [0.5, 0.6) is 0 Å². The Morgan fingerprint density at radius 3 is 2.06 bits per heavy atom. The molecule has 0 fully saturated rings. The fourth-order valence-electron chi connectivity index (χ4n) is 4.29. The van der Waals surface area contributed by atoms with Gasteiger partial charge in [0.25, 0.3) is 10.0 Å². The summed E-state index contributed by atoms with van der Waals surface area (Å²) in [5, 5.41) is 4.11. The summed E-state index contributed by atoms with van der Waals surface area (Å²) >= 11 is 0. The Morgan fingerprint density at radius 1 is 0.636 bits per heavy atom. The average molecular weight is 452 g/mol. The van der Waals surface area contributed by atoms with E-state index in [9.17, 15) is 8.42 Å². The second-order valence-corrected chi connectivity index (χ2v) is 10.3. The quantitative estimate of drug-likeness (QED) is 0.270. The maximum Gasteiger partial charge on any atom is 0.264 e. The molecule has 0 aliphatic rings. The van der Waals surface area contributed by atoms with Crippen LogP contribution in [0.4, 0.5) is 5.69 Å². The van der Waals surface area contributed by atoms with Crippen molar-refractivity contribution in [2.24, 2.45) is 0 Å². The zero-order valence-corrected chi connectivity index (χ0v) is 19.5. The minimum absolute atomic E-state index is 0.248. The third kappa shape index (κ3) is 3.98. The van der Waals surface area contributed by atoms with Gasteiger partial charge in [-0.2, -0.15) is 0 Å². The maximum absolute atomic E-state index is 14.0. The van der Waals surface area contributed by atoms with Gasteiger partial charge in [-0.25, -0.2) is 8.42 Å². The summed E-state index contributed by atoms with van der Waals surface area (Å²) in [4.78, 5) is 0.289. The summed E-state index contributed by atoms with van der Waals surface area (Å²) in [5.74, 6) is 0. The summed E-state index contributed by atoms with van der Waals surface area (Å²) in [6, 6.07) is 33.2. The van der Waals surface area contributed by atoms with Crippen molar-refractivity contribution < 1.29 is 8.42 Å². The number of benzene rings is 5. The van der Waals surface area contributed by atoms with Crippen LogP contribution in [0.25, 0.3) is 21.5 Å². The molecule has 0 amide bonds. The van der Waals surface area contributed by atoms with E-state index >= 15 is 0 Å². The molecule has 0 atom stereocenters. The molecule has 0 saturated carbocycles. The summed E-state index contributed by atoms with van der Waals surface area (Å²) < 4.78 is 29.6. The van der Waals surface area contributed by atoms with Crippen molar-refractivity contribution in [3.8, 4) is 0 Å². The van der Waals surface area contributed by atoms with Crippen LogP contribution < -0.4 is 4.31 Å². The van der Waals surface area contributed by atoms with Crippen molar-refractivity contribution in [3.05, 3.63) is 120 Å². The molecule has 0 radical (unpaired) electrons. The minimum Gasteiger partial charge on any atom is -0.261 e. The van der Waals surface area contributed by atoms with Gasteiger partial charge in [0.1, 0.15) is 0 Å². The molecule has 5 aromatic rings. The summed E-state index contributed by atoms with van der Waals surface area (Å²) in [6.07, 6.45) is 0. The van der Waals surface area contributed by atoms with E-state index in [0.29, 0.717) is 5.69 Å². The largest absolute Gasteiger partial charge is 0.264 e. The van der Waals surface area contributed by atoms with E-state index in [1.54, 1.807) is 16.4 Å². The van der Waals surface area contributed by atoms with Gasteiger partial charge in [0.15, 0.2) is 0 Å². The van der Waals surface area contributed by atoms with Gasteiger partial charge in [0, 0.05) is 5.39 Å². The Labute approximate surface area is 195 Å². The first kappa shape index (κ1) is 21.2. The molecule has 0 aliphatic heterocycles. The lowest BCUT2D eigenvalue weighted by Gasteiger charge is -2.27. The van der Waals surface area contributed by atoms with E-state index in [1.807, 2.05) is 85.8 Å². The van der Waals surface area contributed by atoms with Gasteiger partial charge in [-0.05, 0) is 53.8 Å². The third-order valence-corrected chi connectivity index (χ3v) is 7.81. The molecule has 5 aromatic carbocycles. The lowest BCUT2D eigenvalue weighted by Crippen LogP contribution is -2.30. The van der Waals surface area contributed by atoms with E-state index < -0.39 is 10.0 Å². The first-order valence-corrected chi connectivity index (χ1v) is 12.4. The predicted molar refractivity (Wildman–Crippen MR) is 137 cm³/mol. The molecule has 0 heterocycles. The average Bonchev–Trinajstić information content (AvgIpc) is 2.83. The van der Waals surface area contributed by atoms with E-state index in [4.69, 9.17) is 0 Å². The summed E-state index contributed by atoms with van der Waals surface area (Å²) in [5.41, 5.74) is 3.78. The van der Waals surface area contributed by atoms with Crippen LogP contribution in [0.15, 0.2) is 108 Å². The van der Waals surface area contributed by atoms with Gasteiger partial charge in [-0.15, -0.1) is 0 Å². The van der Waals surface area contributed by atoms with Crippen LogP contribution in [0.3, 0.4) is 0 Å². The van der Waals surface area contributed by atoms with Crippen molar-refractivity contribution in [1.82, 2.24) is 0 Å². The molecule has 33 heavy (non-hydrogen) atoms. The Balaban J connectivity index is 1.80. The van der Waals surface area contributed by atoms with Gasteiger partial charge in [0.2, 0.25) is 0 Å². The molecule has 0 unspecified atom stereocenters. The molecule has 0 spiro atoms. The van der Waals surface area contributed by atoms with E-state index in [0.717, 1.165) is 38.2 Å². The van der Waals surface area contributed by atoms with Crippen LogP contribution in [0, 0.1) is 13.8 Å². The molecule has 164 valence electrons. The zero-order chi connectivity index (χ0) is 23.0. The first-order valence-electron chi connectivity index (χ1n) is 11.0. The van der Waals surface area contributed by atoms with Crippen LogP contribution in [0.1, 0.15) is 16.7 Å². The summed E-state index contributed by atoms with van der Waals surface area (Å²) in [7, 11) is -3.81. The summed E-state index contributed by atoms with van der Waals surface area (Å²) in [6.45, 7) is 4.27. The SMILES string of the molecule is Cc1ccc(S(=O)(=O)N(Cc2ccccc2)c2cc3ccccc3c3cc(C)ccc23)cc1. The second kappa shape index (κ2) is 8.38. The minimum atomic E-state index is -3.81. The molecule has 0 saturated heterocycles. The molecule has 0 bridgehead atoms. The number of hydrogen-bond acceptors (Lipinski definition) is 2. The highest BCUT2D eigenvalue weighted by Gasteiger charge is 2.27. The molecule has 0 N–H and O–H groups in total. The Morgan fingerprint density at radius 2 is 1.30 bits per heavy atom. The standard InChI is InChI=1S/C29H25NO2S/c1-21-12-15-25(16-13-21)33(31,32)30(20-23-8-4-3-5-9-23)29-19-24-10-6-7-11-26(24)28-18-22(2)14-17-27(28)29/h3-19H,20H2,1-2H3. The fourth-order valence-corrected chi connectivity index (χ4v) is 5.75. The number of nitrogens with zero attached hydrogens (tertiary/aromatic N) is 1. The van der Waals surface area contributed by atoms with Crippen molar-refractivity contribution in [3.63, 3.8) is 0 Å². The molecule has 4 heteroatoms. The number of fused-ring (bicyclic) bond motifs is 3. The molecular weight excluding hydrogens is 426 g/mol. The lowest BCUT2D eigenvalue weighted by molar-refractivity contribution is 0.590. The van der Waals surface area contributed by atoms with Gasteiger partial charge in [-0.1, -0.05) is 96.1 Å². The maximum atomic E-state index is 14.0. The second-order valence-electron chi connectivity index (χ2n) is 8.48. The number of hydrogen-bond donors (Lipinski definition) is 0. The van der Waals surface area contributed by atoms with Crippen molar-refractivity contribution in [2.45, 2.75) is 25.3 Å². The molecule has 3 nitrogen and oxygen atoms in total. The van der Waals surface area contributed by atoms with Crippen molar-refractivity contribution in [2.75, 3.05) is 4.31 Å².